The maximum Gasteiger partial charge on any atom is 0.322 e. The van der Waals surface area contributed by atoms with E-state index in [2.05, 4.69) is 10.6 Å². The second kappa shape index (κ2) is 7.84. The summed E-state index contributed by atoms with van der Waals surface area (Å²) in [5.41, 5.74) is 0.590. The van der Waals surface area contributed by atoms with Crippen molar-refractivity contribution < 1.29 is 14.3 Å². The fraction of sp³-hybridized carbons (Fsp3) is 0.176. The van der Waals surface area contributed by atoms with E-state index in [4.69, 9.17) is 4.74 Å². The van der Waals surface area contributed by atoms with Gasteiger partial charge < -0.3 is 20.3 Å². The summed E-state index contributed by atoms with van der Waals surface area (Å²) in [4.78, 5) is 24.6. The molecule has 0 saturated carbocycles. The van der Waals surface area contributed by atoms with Gasteiger partial charge >= 0.3 is 6.03 Å². The Morgan fingerprint density at radius 2 is 1.74 bits per heavy atom. The molecule has 0 aliphatic carbocycles. The Labute approximate surface area is 135 Å². The van der Waals surface area contributed by atoms with Gasteiger partial charge in [-0.1, -0.05) is 24.3 Å². The van der Waals surface area contributed by atoms with Gasteiger partial charge in [0.15, 0.2) is 0 Å². The third-order valence-electron chi connectivity index (χ3n) is 3.07. The Bertz CT molecular complexity index is 674. The van der Waals surface area contributed by atoms with Crippen LogP contribution < -0.4 is 15.4 Å². The van der Waals surface area contributed by atoms with Crippen LogP contribution in [0.15, 0.2) is 54.6 Å². The molecule has 2 aromatic carbocycles. The maximum absolute atomic E-state index is 12.0. The Morgan fingerprint density at radius 3 is 2.43 bits per heavy atom. The van der Waals surface area contributed by atoms with E-state index in [1.807, 2.05) is 30.3 Å². The quantitative estimate of drug-likeness (QED) is 0.891. The molecule has 3 amide bonds. The third-order valence-corrected chi connectivity index (χ3v) is 3.07. The van der Waals surface area contributed by atoms with Gasteiger partial charge in [0, 0.05) is 25.8 Å². The molecule has 0 saturated heterocycles. The summed E-state index contributed by atoms with van der Waals surface area (Å²) in [5, 5.41) is 5.19. The van der Waals surface area contributed by atoms with Crippen LogP contribution in [-0.2, 0) is 4.79 Å². The zero-order valence-corrected chi connectivity index (χ0v) is 13.1. The summed E-state index contributed by atoms with van der Waals surface area (Å²) in [7, 11) is 3.08. The topological polar surface area (TPSA) is 70.7 Å². The molecule has 0 aliphatic rings. The van der Waals surface area contributed by atoms with Crippen LogP contribution in [0.3, 0.4) is 0 Å². The fourth-order valence-electron chi connectivity index (χ4n) is 1.85. The van der Waals surface area contributed by atoms with Crippen molar-refractivity contribution >= 4 is 17.6 Å². The molecular formula is C17H19N3O3. The number of anilines is 1. The lowest BCUT2D eigenvalue weighted by Crippen LogP contribution is -2.39. The number of urea groups is 1. The van der Waals surface area contributed by atoms with Crippen molar-refractivity contribution in [2.75, 3.05) is 26.0 Å². The standard InChI is InChI=1S/C17H19N3O3/c1-18-16(21)12-20(2)17(22)19-13-7-6-10-15(11-13)23-14-8-4-3-5-9-14/h3-11H,12H2,1-2H3,(H,18,21)(H,19,22). The molecule has 2 rings (SSSR count). The summed E-state index contributed by atoms with van der Waals surface area (Å²) in [5.74, 6) is 1.10. The number of hydrogen-bond donors (Lipinski definition) is 2. The molecule has 6 heteroatoms. The molecule has 6 nitrogen and oxygen atoms in total. The Morgan fingerprint density at radius 1 is 1.04 bits per heavy atom. The van der Waals surface area contributed by atoms with E-state index in [0.717, 1.165) is 0 Å². The summed E-state index contributed by atoms with van der Waals surface area (Å²) >= 11 is 0. The number of rotatable bonds is 5. The average molecular weight is 313 g/mol. The smallest absolute Gasteiger partial charge is 0.322 e. The molecular weight excluding hydrogens is 294 g/mol. The molecule has 0 unspecified atom stereocenters. The minimum atomic E-state index is -0.370. The van der Waals surface area contributed by atoms with E-state index in [1.165, 1.54) is 11.9 Å². The van der Waals surface area contributed by atoms with Crippen molar-refractivity contribution in [1.29, 1.82) is 0 Å². The molecule has 0 aromatic heterocycles. The normalized spacial score (nSPS) is 9.83. The Kier molecular flexibility index (Phi) is 5.57. The van der Waals surface area contributed by atoms with Crippen molar-refractivity contribution in [3.8, 4) is 11.5 Å². The minimum absolute atomic E-state index is 0.0114. The molecule has 0 atom stereocenters. The molecule has 0 spiro atoms. The number of para-hydroxylation sites is 1. The van der Waals surface area contributed by atoms with E-state index in [-0.39, 0.29) is 18.5 Å². The number of hydrogen-bond acceptors (Lipinski definition) is 3. The number of benzene rings is 2. The number of nitrogens with zero attached hydrogens (tertiary/aromatic N) is 1. The number of ether oxygens (including phenoxy) is 1. The van der Waals surface area contributed by atoms with E-state index >= 15 is 0 Å². The van der Waals surface area contributed by atoms with Gasteiger partial charge in [-0.05, 0) is 24.3 Å². The maximum atomic E-state index is 12.0. The second-order valence-corrected chi connectivity index (χ2v) is 4.90. The predicted octanol–water partition coefficient (Wildman–Crippen LogP) is 2.69. The monoisotopic (exact) mass is 313 g/mol. The largest absolute Gasteiger partial charge is 0.457 e. The summed E-state index contributed by atoms with van der Waals surface area (Å²) in [6, 6.07) is 16.1. The minimum Gasteiger partial charge on any atom is -0.457 e. The van der Waals surface area contributed by atoms with Gasteiger partial charge in [-0.25, -0.2) is 4.79 Å². The fourth-order valence-corrected chi connectivity index (χ4v) is 1.85. The van der Waals surface area contributed by atoms with Crippen molar-refractivity contribution in [3.63, 3.8) is 0 Å². The molecule has 2 N–H and O–H groups in total. The van der Waals surface area contributed by atoms with E-state index in [0.29, 0.717) is 17.2 Å². The molecule has 120 valence electrons. The van der Waals surface area contributed by atoms with Gasteiger partial charge in [0.1, 0.15) is 18.0 Å². The van der Waals surface area contributed by atoms with Crippen LogP contribution in [0.1, 0.15) is 0 Å². The van der Waals surface area contributed by atoms with Crippen LogP contribution in [0.2, 0.25) is 0 Å². The van der Waals surface area contributed by atoms with Gasteiger partial charge in [0.25, 0.3) is 0 Å². The Hall–Kier alpha value is -3.02. The number of amides is 3. The molecule has 2 aromatic rings. The van der Waals surface area contributed by atoms with Gasteiger partial charge in [0.2, 0.25) is 5.91 Å². The van der Waals surface area contributed by atoms with E-state index in [9.17, 15) is 9.59 Å². The first kappa shape index (κ1) is 16.4. The highest BCUT2D eigenvalue weighted by Crippen LogP contribution is 2.23. The lowest BCUT2D eigenvalue weighted by molar-refractivity contribution is -0.120. The lowest BCUT2D eigenvalue weighted by Gasteiger charge is -2.17. The first-order valence-electron chi connectivity index (χ1n) is 7.14. The number of carbonyl (C=O) groups is 2. The van der Waals surface area contributed by atoms with Gasteiger partial charge in [-0.3, -0.25) is 4.79 Å². The first-order chi connectivity index (χ1) is 11.1. The summed E-state index contributed by atoms with van der Waals surface area (Å²) < 4.78 is 5.71. The number of carbonyl (C=O) groups excluding carboxylic acids is 2. The van der Waals surface area contributed by atoms with Crippen molar-refractivity contribution in [2.24, 2.45) is 0 Å². The zero-order valence-electron chi connectivity index (χ0n) is 13.1. The van der Waals surface area contributed by atoms with Crippen LogP contribution in [-0.4, -0.2) is 37.5 Å². The van der Waals surface area contributed by atoms with Gasteiger partial charge in [-0.2, -0.15) is 0 Å². The van der Waals surface area contributed by atoms with Gasteiger partial charge in [-0.15, -0.1) is 0 Å². The average Bonchev–Trinajstić information content (AvgIpc) is 2.56. The van der Waals surface area contributed by atoms with Crippen molar-refractivity contribution in [2.45, 2.75) is 0 Å². The molecule has 0 aliphatic heterocycles. The second-order valence-electron chi connectivity index (χ2n) is 4.90. The predicted molar refractivity (Wildman–Crippen MR) is 88.7 cm³/mol. The van der Waals surface area contributed by atoms with Crippen LogP contribution in [0.5, 0.6) is 11.5 Å². The van der Waals surface area contributed by atoms with Gasteiger partial charge in [0.05, 0.1) is 0 Å². The number of likely N-dealkylation sites (N-methyl/N-ethyl adjacent to an activating group) is 2. The van der Waals surface area contributed by atoms with Crippen LogP contribution >= 0.6 is 0 Å². The van der Waals surface area contributed by atoms with Crippen molar-refractivity contribution in [3.05, 3.63) is 54.6 Å². The summed E-state index contributed by atoms with van der Waals surface area (Å²) in [6.07, 6.45) is 0. The molecule has 0 heterocycles. The highest BCUT2D eigenvalue weighted by molar-refractivity contribution is 5.92. The highest BCUT2D eigenvalue weighted by atomic mass is 16.5. The van der Waals surface area contributed by atoms with Crippen LogP contribution in [0.25, 0.3) is 0 Å². The molecule has 23 heavy (non-hydrogen) atoms. The highest BCUT2D eigenvalue weighted by Gasteiger charge is 2.12. The van der Waals surface area contributed by atoms with Crippen LogP contribution in [0.4, 0.5) is 10.5 Å². The lowest BCUT2D eigenvalue weighted by atomic mass is 10.3. The number of nitrogens with one attached hydrogen (secondary N) is 2. The third kappa shape index (κ3) is 5.03. The van der Waals surface area contributed by atoms with E-state index in [1.54, 1.807) is 31.3 Å². The van der Waals surface area contributed by atoms with E-state index < -0.39 is 0 Å². The first-order valence-corrected chi connectivity index (χ1v) is 7.14. The zero-order chi connectivity index (χ0) is 16.7. The SMILES string of the molecule is CNC(=O)CN(C)C(=O)Nc1cccc(Oc2ccccc2)c1. The molecule has 0 fully saturated rings. The summed E-state index contributed by atoms with van der Waals surface area (Å²) in [6.45, 7) is -0.0114. The Balaban J connectivity index is 1.99. The molecule has 0 radical (unpaired) electrons. The molecule has 0 bridgehead atoms. The van der Waals surface area contributed by atoms with Crippen molar-refractivity contribution in [1.82, 2.24) is 10.2 Å². The van der Waals surface area contributed by atoms with Crippen LogP contribution in [0, 0.1) is 0 Å².